The number of amides is 2. The highest BCUT2D eigenvalue weighted by Gasteiger charge is 2.52. The van der Waals surface area contributed by atoms with Gasteiger partial charge < -0.3 is 10.0 Å². The number of benzene rings is 2. The van der Waals surface area contributed by atoms with Gasteiger partial charge in [-0.2, -0.15) is 0 Å². The highest BCUT2D eigenvalue weighted by Crippen LogP contribution is 2.52. The number of fused-ring (bicyclic) bond motifs is 3. The predicted octanol–water partition coefficient (Wildman–Crippen LogP) is 3.70. The molecule has 3 aliphatic heterocycles. The second-order valence-electron chi connectivity index (χ2n) is 10.3. The molecule has 2 saturated heterocycles. The maximum Gasteiger partial charge on any atom is 0.412 e. The number of anilines is 2. The predicted molar refractivity (Wildman–Crippen MR) is 135 cm³/mol. The van der Waals surface area contributed by atoms with E-state index in [-0.39, 0.29) is 23.5 Å². The van der Waals surface area contributed by atoms with Crippen molar-refractivity contribution in [2.24, 2.45) is 0 Å². The number of carboxylic acid groups (broad SMARTS) is 1. The zero-order valence-electron chi connectivity index (χ0n) is 20.8. The minimum Gasteiger partial charge on any atom is -0.465 e. The minimum absolute atomic E-state index is 0.0847. The van der Waals surface area contributed by atoms with E-state index in [2.05, 4.69) is 30.8 Å². The third kappa shape index (κ3) is 3.85. The van der Waals surface area contributed by atoms with Gasteiger partial charge >= 0.3 is 6.09 Å². The quantitative estimate of drug-likeness (QED) is 0.682. The molecule has 2 aromatic rings. The lowest BCUT2D eigenvalue weighted by molar-refractivity contribution is -0.187. The molecule has 0 radical (unpaired) electrons. The first-order chi connectivity index (χ1) is 16.7. The largest absolute Gasteiger partial charge is 0.465 e. The average molecular weight is 479 g/mol. The Morgan fingerprint density at radius 3 is 2.66 bits per heavy atom. The van der Waals surface area contributed by atoms with Crippen molar-refractivity contribution in [3.05, 3.63) is 59.7 Å². The summed E-state index contributed by atoms with van der Waals surface area (Å²) in [6.45, 7) is 5.51. The number of likely N-dealkylation sites (tertiary alicyclic amines) is 1. The Morgan fingerprint density at radius 1 is 1.20 bits per heavy atom. The lowest BCUT2D eigenvalue weighted by Gasteiger charge is -2.32. The standard InChI is InChI=1S/C27H34N4O4/c1-18-16-23(24(32)31(18)35-15-12-19-8-6-5-7-9-19)30(26(33)34)20-10-11-22-21(17-20)27(2)13-14-28(3)25(27)29(22)4/h5-11,17-18,23,25H,12-16H2,1-4H3,(H,33,34)/t18-,23+,25?,27+/m1/s1. The molecule has 4 atom stereocenters. The molecular formula is C27H34N4O4. The summed E-state index contributed by atoms with van der Waals surface area (Å²) in [5.41, 5.74) is 3.85. The summed E-state index contributed by atoms with van der Waals surface area (Å²) in [5.74, 6) is -0.310. The van der Waals surface area contributed by atoms with E-state index in [4.69, 9.17) is 4.84 Å². The van der Waals surface area contributed by atoms with Crippen LogP contribution in [0.15, 0.2) is 48.5 Å². The first-order valence-corrected chi connectivity index (χ1v) is 12.3. The molecule has 0 aromatic heterocycles. The number of carbonyl (C=O) groups is 2. The van der Waals surface area contributed by atoms with E-state index in [1.807, 2.05) is 55.5 Å². The van der Waals surface area contributed by atoms with Crippen molar-refractivity contribution in [1.82, 2.24) is 9.96 Å². The van der Waals surface area contributed by atoms with Crippen LogP contribution in [0.1, 0.15) is 37.8 Å². The highest BCUT2D eigenvalue weighted by atomic mass is 16.7. The van der Waals surface area contributed by atoms with E-state index >= 15 is 0 Å². The van der Waals surface area contributed by atoms with Crippen molar-refractivity contribution in [2.45, 2.75) is 56.8 Å². The highest BCUT2D eigenvalue weighted by molar-refractivity contribution is 5.98. The molecule has 186 valence electrons. The summed E-state index contributed by atoms with van der Waals surface area (Å²) in [6, 6.07) is 14.7. The van der Waals surface area contributed by atoms with Gasteiger partial charge in [-0.1, -0.05) is 37.3 Å². The first-order valence-electron chi connectivity index (χ1n) is 12.3. The average Bonchev–Trinajstić information content (AvgIpc) is 3.37. The van der Waals surface area contributed by atoms with Gasteiger partial charge in [-0.05, 0) is 56.1 Å². The summed E-state index contributed by atoms with van der Waals surface area (Å²) >= 11 is 0. The van der Waals surface area contributed by atoms with Crippen LogP contribution in [0.3, 0.4) is 0 Å². The van der Waals surface area contributed by atoms with Crippen LogP contribution in [0.25, 0.3) is 0 Å². The molecule has 0 saturated carbocycles. The van der Waals surface area contributed by atoms with Crippen LogP contribution in [0, 0.1) is 0 Å². The van der Waals surface area contributed by atoms with Gasteiger partial charge in [0.1, 0.15) is 6.04 Å². The molecular weight excluding hydrogens is 444 g/mol. The number of hydroxylamine groups is 2. The van der Waals surface area contributed by atoms with E-state index in [9.17, 15) is 14.7 Å². The van der Waals surface area contributed by atoms with Crippen LogP contribution >= 0.6 is 0 Å². The lowest BCUT2D eigenvalue weighted by Crippen LogP contribution is -2.45. The van der Waals surface area contributed by atoms with Crippen LogP contribution in [-0.2, 0) is 21.5 Å². The third-order valence-electron chi connectivity index (χ3n) is 8.04. The fraction of sp³-hybridized carbons (Fsp3) is 0.481. The molecule has 8 nitrogen and oxygen atoms in total. The minimum atomic E-state index is -1.13. The first kappa shape index (κ1) is 23.6. The molecule has 3 aliphatic rings. The second-order valence-corrected chi connectivity index (χ2v) is 10.3. The Bertz CT molecular complexity index is 1130. The smallest absolute Gasteiger partial charge is 0.412 e. The monoisotopic (exact) mass is 478 g/mol. The molecule has 1 N–H and O–H groups in total. The third-order valence-corrected chi connectivity index (χ3v) is 8.04. The summed E-state index contributed by atoms with van der Waals surface area (Å²) < 4.78 is 0. The zero-order valence-corrected chi connectivity index (χ0v) is 20.8. The topological polar surface area (TPSA) is 76.6 Å². The van der Waals surface area contributed by atoms with Gasteiger partial charge in [0.25, 0.3) is 5.91 Å². The Kier molecular flexibility index (Phi) is 5.97. The van der Waals surface area contributed by atoms with E-state index in [1.54, 1.807) is 0 Å². The normalized spacial score (nSPS) is 27.9. The summed E-state index contributed by atoms with van der Waals surface area (Å²) in [7, 11) is 4.23. The van der Waals surface area contributed by atoms with Gasteiger partial charge in [0.2, 0.25) is 0 Å². The van der Waals surface area contributed by atoms with Crippen molar-refractivity contribution in [3.63, 3.8) is 0 Å². The number of rotatable bonds is 6. The van der Waals surface area contributed by atoms with E-state index in [1.165, 1.54) is 9.96 Å². The molecule has 5 rings (SSSR count). The molecule has 0 bridgehead atoms. The molecule has 8 heteroatoms. The number of hydrogen-bond acceptors (Lipinski definition) is 5. The van der Waals surface area contributed by atoms with Crippen molar-refractivity contribution in [2.75, 3.05) is 37.0 Å². The molecule has 1 unspecified atom stereocenters. The van der Waals surface area contributed by atoms with Gasteiger partial charge in [0.15, 0.2) is 0 Å². The van der Waals surface area contributed by atoms with Crippen molar-refractivity contribution in [1.29, 1.82) is 0 Å². The number of nitrogens with zero attached hydrogens (tertiary/aromatic N) is 4. The van der Waals surface area contributed by atoms with E-state index in [0.29, 0.717) is 25.1 Å². The van der Waals surface area contributed by atoms with Crippen LogP contribution < -0.4 is 9.80 Å². The molecule has 0 aliphatic carbocycles. The molecule has 3 heterocycles. The molecule has 35 heavy (non-hydrogen) atoms. The van der Waals surface area contributed by atoms with Gasteiger partial charge in [-0.25, -0.2) is 9.86 Å². The number of carbonyl (C=O) groups excluding carboxylic acids is 1. The second kappa shape index (κ2) is 8.84. The Balaban J connectivity index is 1.37. The number of likely N-dealkylation sites (N-methyl/N-ethyl adjacent to an activating group) is 2. The van der Waals surface area contributed by atoms with Crippen LogP contribution in [0.2, 0.25) is 0 Å². The maximum atomic E-state index is 13.3. The zero-order chi connectivity index (χ0) is 24.9. The maximum absolute atomic E-state index is 13.3. The van der Waals surface area contributed by atoms with Crippen molar-refractivity contribution < 1.29 is 19.5 Å². The van der Waals surface area contributed by atoms with Gasteiger partial charge in [0, 0.05) is 36.8 Å². The van der Waals surface area contributed by atoms with Gasteiger partial charge in [0.05, 0.1) is 18.8 Å². The molecule has 2 fully saturated rings. The molecule has 2 amide bonds. The Morgan fingerprint density at radius 2 is 1.94 bits per heavy atom. The fourth-order valence-electron chi connectivity index (χ4n) is 6.33. The molecule has 2 aromatic carbocycles. The molecule has 0 spiro atoms. The van der Waals surface area contributed by atoms with Crippen LogP contribution in [-0.4, -0.2) is 72.6 Å². The van der Waals surface area contributed by atoms with Crippen molar-refractivity contribution >= 4 is 23.4 Å². The van der Waals surface area contributed by atoms with E-state index in [0.717, 1.165) is 29.8 Å². The van der Waals surface area contributed by atoms with Gasteiger partial charge in [-0.15, -0.1) is 0 Å². The summed E-state index contributed by atoms with van der Waals surface area (Å²) in [4.78, 5) is 37.5. The number of hydrogen-bond donors (Lipinski definition) is 1. The van der Waals surface area contributed by atoms with Crippen LogP contribution in [0.5, 0.6) is 0 Å². The summed E-state index contributed by atoms with van der Waals surface area (Å²) in [6.07, 6.45) is 1.18. The SMILES string of the molecule is C[C@@H]1C[C@H](N(C(=O)O)c2ccc3c(c2)[C@]2(C)CCN(C)C2N3C)C(=O)N1OCCc1ccccc1. The fourth-order valence-corrected chi connectivity index (χ4v) is 6.33. The summed E-state index contributed by atoms with van der Waals surface area (Å²) in [5, 5.41) is 11.6. The Hall–Kier alpha value is -3.10. The van der Waals surface area contributed by atoms with Gasteiger partial charge in [-0.3, -0.25) is 19.4 Å². The Labute approximate surface area is 206 Å². The van der Waals surface area contributed by atoms with Crippen LogP contribution in [0.4, 0.5) is 16.2 Å². The van der Waals surface area contributed by atoms with E-state index < -0.39 is 12.1 Å². The van der Waals surface area contributed by atoms with Crippen molar-refractivity contribution in [3.8, 4) is 0 Å². The lowest BCUT2D eigenvalue weighted by atomic mass is 9.81.